The van der Waals surface area contributed by atoms with Crippen LogP contribution in [0.5, 0.6) is 5.75 Å². The molecule has 1 N–H and O–H groups in total. The lowest BCUT2D eigenvalue weighted by Gasteiger charge is -2.08. The molecule has 2 aromatic carbocycles. The predicted octanol–water partition coefficient (Wildman–Crippen LogP) is 2.80. The van der Waals surface area contributed by atoms with Gasteiger partial charge in [0.25, 0.3) is 0 Å². The van der Waals surface area contributed by atoms with E-state index in [1.165, 1.54) is 18.2 Å². The Labute approximate surface area is 116 Å². The molecule has 0 atom stereocenters. The van der Waals surface area contributed by atoms with Gasteiger partial charge in [0.2, 0.25) is 0 Å². The summed E-state index contributed by atoms with van der Waals surface area (Å²) in [5.41, 5.74) is 0.569. The minimum atomic E-state index is -0.549. The Morgan fingerprint density at radius 3 is 2.10 bits per heavy atom. The zero-order valence-corrected chi connectivity index (χ0v) is 11.0. The van der Waals surface area contributed by atoms with E-state index in [1.807, 2.05) is 0 Å². The van der Waals surface area contributed by atoms with Gasteiger partial charge in [-0.3, -0.25) is 4.79 Å². The number of phenols is 1. The van der Waals surface area contributed by atoms with Crippen LogP contribution in [0.4, 0.5) is 0 Å². The van der Waals surface area contributed by atoms with Crippen molar-refractivity contribution < 1.29 is 19.4 Å². The van der Waals surface area contributed by atoms with Gasteiger partial charge in [-0.2, -0.15) is 0 Å². The minimum absolute atomic E-state index is 0.115. The van der Waals surface area contributed by atoms with Crippen LogP contribution in [0.15, 0.2) is 48.5 Å². The Hall–Kier alpha value is -2.62. The number of phenolic OH excluding ortho intramolecular Hbond substituents is 1. The van der Waals surface area contributed by atoms with Crippen molar-refractivity contribution in [2.75, 3.05) is 6.61 Å². The lowest BCUT2D eigenvalue weighted by atomic mass is 9.98. The smallest absolute Gasteiger partial charge is 0.338 e. The second-order valence-electron chi connectivity index (χ2n) is 4.11. The number of ether oxygens (including phenoxy) is 1. The molecule has 0 aromatic heterocycles. The van der Waals surface area contributed by atoms with Gasteiger partial charge in [-0.05, 0) is 25.1 Å². The fraction of sp³-hybridized carbons (Fsp3) is 0.125. The van der Waals surface area contributed by atoms with Crippen LogP contribution in [0.3, 0.4) is 0 Å². The molecule has 4 nitrogen and oxygen atoms in total. The van der Waals surface area contributed by atoms with Gasteiger partial charge in [-0.25, -0.2) is 4.79 Å². The fourth-order valence-electron chi connectivity index (χ4n) is 1.88. The molecule has 0 bridgehead atoms. The maximum absolute atomic E-state index is 12.4. The molecule has 0 aliphatic heterocycles. The molecule has 102 valence electrons. The second-order valence-corrected chi connectivity index (χ2v) is 4.11. The van der Waals surface area contributed by atoms with E-state index >= 15 is 0 Å². The van der Waals surface area contributed by atoms with Gasteiger partial charge < -0.3 is 9.84 Å². The largest absolute Gasteiger partial charge is 0.507 e. The molecule has 0 radical (unpaired) electrons. The maximum Gasteiger partial charge on any atom is 0.338 e. The number of ketones is 1. The first-order valence-electron chi connectivity index (χ1n) is 6.24. The molecule has 2 aromatic rings. The van der Waals surface area contributed by atoms with Crippen molar-refractivity contribution in [1.29, 1.82) is 0 Å². The van der Waals surface area contributed by atoms with Gasteiger partial charge in [0.05, 0.1) is 17.7 Å². The zero-order chi connectivity index (χ0) is 14.5. The molecule has 20 heavy (non-hydrogen) atoms. The number of rotatable bonds is 4. The van der Waals surface area contributed by atoms with Crippen molar-refractivity contribution in [1.82, 2.24) is 0 Å². The molecule has 0 fully saturated rings. The molecular weight excluding hydrogens is 256 g/mol. The molecule has 0 unspecified atom stereocenters. The summed E-state index contributed by atoms with van der Waals surface area (Å²) in [6.07, 6.45) is 0. The molecule has 0 saturated heterocycles. The maximum atomic E-state index is 12.4. The Kier molecular flexibility index (Phi) is 4.15. The summed E-state index contributed by atoms with van der Waals surface area (Å²) in [5.74, 6) is -1.07. The summed E-state index contributed by atoms with van der Waals surface area (Å²) in [7, 11) is 0. The van der Waals surface area contributed by atoms with Crippen LogP contribution in [0.2, 0.25) is 0 Å². The number of benzene rings is 2. The summed E-state index contributed by atoms with van der Waals surface area (Å²) in [5, 5.41) is 9.74. The fourth-order valence-corrected chi connectivity index (χ4v) is 1.88. The molecule has 0 aliphatic carbocycles. The van der Waals surface area contributed by atoms with E-state index in [0.29, 0.717) is 0 Å². The van der Waals surface area contributed by atoms with Gasteiger partial charge in [-0.15, -0.1) is 0 Å². The third kappa shape index (κ3) is 2.69. The lowest BCUT2D eigenvalue weighted by molar-refractivity contribution is 0.0523. The number of carbonyl (C=O) groups excluding carboxylic acids is 2. The Balaban J connectivity index is 2.46. The summed E-state index contributed by atoms with van der Waals surface area (Å²) in [6, 6.07) is 12.6. The van der Waals surface area contributed by atoms with Crippen LogP contribution in [-0.4, -0.2) is 23.5 Å². The van der Waals surface area contributed by atoms with Gasteiger partial charge in [-0.1, -0.05) is 30.3 Å². The van der Waals surface area contributed by atoms with Crippen LogP contribution in [-0.2, 0) is 4.74 Å². The van der Waals surface area contributed by atoms with E-state index in [9.17, 15) is 14.7 Å². The van der Waals surface area contributed by atoms with Gasteiger partial charge in [0, 0.05) is 5.56 Å². The number of hydrogen-bond donors (Lipinski definition) is 1. The molecule has 0 amide bonds. The molecule has 2 rings (SSSR count). The van der Waals surface area contributed by atoms with Crippen LogP contribution in [0, 0.1) is 0 Å². The average Bonchev–Trinajstić information content (AvgIpc) is 2.47. The monoisotopic (exact) mass is 270 g/mol. The summed E-state index contributed by atoms with van der Waals surface area (Å²) >= 11 is 0. The number of carbonyl (C=O) groups is 2. The molecular formula is C16H14O4. The van der Waals surface area contributed by atoms with Gasteiger partial charge >= 0.3 is 5.97 Å². The van der Waals surface area contributed by atoms with Crippen molar-refractivity contribution >= 4 is 11.8 Å². The van der Waals surface area contributed by atoms with E-state index in [2.05, 4.69) is 0 Å². The van der Waals surface area contributed by atoms with Crippen molar-refractivity contribution in [2.45, 2.75) is 6.92 Å². The molecule has 0 spiro atoms. The van der Waals surface area contributed by atoms with Crippen molar-refractivity contribution in [3.63, 3.8) is 0 Å². The van der Waals surface area contributed by atoms with E-state index in [0.717, 1.165) is 0 Å². The topological polar surface area (TPSA) is 63.6 Å². The first-order chi connectivity index (χ1) is 9.65. The van der Waals surface area contributed by atoms with Gasteiger partial charge in [0.15, 0.2) is 5.78 Å². The van der Waals surface area contributed by atoms with Crippen molar-refractivity contribution in [2.24, 2.45) is 0 Å². The SMILES string of the molecule is CCOC(=O)c1ccccc1C(=O)c1ccccc1O. The van der Waals surface area contributed by atoms with Crippen molar-refractivity contribution in [3.05, 3.63) is 65.2 Å². The highest BCUT2D eigenvalue weighted by Gasteiger charge is 2.20. The lowest BCUT2D eigenvalue weighted by Crippen LogP contribution is -2.12. The van der Waals surface area contributed by atoms with Crippen LogP contribution >= 0.6 is 0 Å². The third-order valence-corrected chi connectivity index (χ3v) is 2.82. The zero-order valence-electron chi connectivity index (χ0n) is 11.0. The number of aromatic hydroxyl groups is 1. The first kappa shape index (κ1) is 13.8. The highest BCUT2D eigenvalue weighted by molar-refractivity contribution is 6.15. The third-order valence-electron chi connectivity index (χ3n) is 2.82. The highest BCUT2D eigenvalue weighted by atomic mass is 16.5. The standard InChI is InChI=1S/C16H14O4/c1-2-20-16(19)12-8-4-3-7-11(12)15(18)13-9-5-6-10-14(13)17/h3-10,17H,2H2,1H3. The Bertz CT molecular complexity index is 646. The van der Waals surface area contributed by atoms with Crippen LogP contribution < -0.4 is 0 Å². The number of hydrogen-bond acceptors (Lipinski definition) is 4. The summed E-state index contributed by atoms with van der Waals surface area (Å²) in [4.78, 5) is 24.3. The van der Waals surface area contributed by atoms with Crippen LogP contribution in [0.1, 0.15) is 33.2 Å². The van der Waals surface area contributed by atoms with Crippen molar-refractivity contribution in [3.8, 4) is 5.75 Å². The minimum Gasteiger partial charge on any atom is -0.507 e. The molecule has 4 heteroatoms. The number of para-hydroxylation sites is 1. The molecule has 0 saturated carbocycles. The second kappa shape index (κ2) is 6.02. The van der Waals surface area contributed by atoms with E-state index in [1.54, 1.807) is 37.3 Å². The summed E-state index contributed by atoms with van der Waals surface area (Å²) in [6.45, 7) is 1.93. The predicted molar refractivity (Wildman–Crippen MR) is 73.9 cm³/mol. The van der Waals surface area contributed by atoms with Gasteiger partial charge in [0.1, 0.15) is 5.75 Å². The first-order valence-corrected chi connectivity index (χ1v) is 6.24. The Morgan fingerprint density at radius 1 is 0.950 bits per heavy atom. The van der Waals surface area contributed by atoms with E-state index in [-0.39, 0.29) is 29.0 Å². The van der Waals surface area contributed by atoms with E-state index in [4.69, 9.17) is 4.74 Å². The number of esters is 1. The normalized spacial score (nSPS) is 10.1. The van der Waals surface area contributed by atoms with Crippen LogP contribution in [0.25, 0.3) is 0 Å². The van der Waals surface area contributed by atoms with E-state index < -0.39 is 11.8 Å². The quantitative estimate of drug-likeness (QED) is 0.685. The molecule has 0 aliphatic rings. The highest BCUT2D eigenvalue weighted by Crippen LogP contribution is 2.22. The summed E-state index contributed by atoms with van der Waals surface area (Å²) < 4.78 is 4.93. The Morgan fingerprint density at radius 2 is 1.50 bits per heavy atom. The molecule has 0 heterocycles. The average molecular weight is 270 g/mol.